The van der Waals surface area contributed by atoms with Crippen LogP contribution in [0.1, 0.15) is 60.3 Å². The number of halogens is 4. The van der Waals surface area contributed by atoms with Gasteiger partial charge in [0.25, 0.3) is 0 Å². The van der Waals surface area contributed by atoms with E-state index in [4.69, 9.17) is 0 Å². The Morgan fingerprint density at radius 1 is 1.00 bits per heavy atom. The van der Waals surface area contributed by atoms with E-state index in [1.54, 1.807) is 27.7 Å². The lowest BCUT2D eigenvalue weighted by molar-refractivity contribution is -0.188. The Kier molecular flexibility index (Phi) is 6.66. The second-order valence-electron chi connectivity index (χ2n) is 5.86. The molecule has 2 unspecified atom stereocenters. The van der Waals surface area contributed by atoms with Gasteiger partial charge in [0.05, 0.1) is 5.92 Å². The number of hydrogen-bond donors (Lipinski definition) is 0. The fourth-order valence-electron chi connectivity index (χ4n) is 2.22. The van der Waals surface area contributed by atoms with Gasteiger partial charge in [-0.25, -0.2) is 4.39 Å². The number of alkyl halides is 4. The van der Waals surface area contributed by atoms with Gasteiger partial charge in [-0.05, 0) is 38.0 Å². The third kappa shape index (κ3) is 5.57. The first-order valence-corrected chi connectivity index (χ1v) is 6.78. The third-order valence-electron chi connectivity index (χ3n) is 4.08. The molecule has 0 spiro atoms. The first-order chi connectivity index (χ1) is 8.02. The summed E-state index contributed by atoms with van der Waals surface area (Å²) in [6, 6.07) is 0. The van der Waals surface area contributed by atoms with Gasteiger partial charge in [0.2, 0.25) is 0 Å². The Balaban J connectivity index is 4.22. The lowest BCUT2D eigenvalue weighted by Gasteiger charge is -2.28. The highest BCUT2D eigenvalue weighted by Crippen LogP contribution is 2.37. The zero-order chi connectivity index (χ0) is 14.6. The zero-order valence-electron chi connectivity index (χ0n) is 12.1. The first-order valence-electron chi connectivity index (χ1n) is 6.78. The van der Waals surface area contributed by atoms with Crippen LogP contribution in [0.5, 0.6) is 0 Å². The zero-order valence-corrected chi connectivity index (χ0v) is 12.1. The van der Waals surface area contributed by atoms with E-state index in [2.05, 4.69) is 0 Å². The average Bonchev–Trinajstić information content (AvgIpc) is 2.15. The van der Waals surface area contributed by atoms with Crippen LogP contribution >= 0.6 is 0 Å². The van der Waals surface area contributed by atoms with Crippen LogP contribution in [0.3, 0.4) is 0 Å². The highest BCUT2D eigenvalue weighted by atomic mass is 19.4. The molecule has 0 saturated carbocycles. The largest absolute Gasteiger partial charge is 0.392 e. The van der Waals surface area contributed by atoms with Crippen molar-refractivity contribution in [3.8, 4) is 0 Å². The molecular weight excluding hydrogens is 244 g/mol. The normalized spacial score (nSPS) is 19.7. The Labute approximate surface area is 108 Å². The molecule has 0 aromatic carbocycles. The monoisotopic (exact) mass is 270 g/mol. The Morgan fingerprint density at radius 2 is 1.50 bits per heavy atom. The smallest absolute Gasteiger partial charge is 0.244 e. The van der Waals surface area contributed by atoms with E-state index in [-0.39, 0.29) is 12.3 Å². The minimum Gasteiger partial charge on any atom is -0.244 e. The summed E-state index contributed by atoms with van der Waals surface area (Å²) in [5.41, 5.74) is -1.28. The summed E-state index contributed by atoms with van der Waals surface area (Å²) in [5, 5.41) is 0. The van der Waals surface area contributed by atoms with Gasteiger partial charge >= 0.3 is 6.18 Å². The molecule has 0 aromatic heterocycles. The fraction of sp³-hybridized carbons (Fsp3) is 1.00. The predicted molar refractivity (Wildman–Crippen MR) is 67.2 cm³/mol. The van der Waals surface area contributed by atoms with Crippen molar-refractivity contribution in [1.82, 2.24) is 0 Å². The Hall–Kier alpha value is -0.280. The lowest BCUT2D eigenvalue weighted by Crippen LogP contribution is -2.29. The highest BCUT2D eigenvalue weighted by molar-refractivity contribution is 4.78. The van der Waals surface area contributed by atoms with Crippen LogP contribution in [0, 0.1) is 17.8 Å². The van der Waals surface area contributed by atoms with Crippen molar-refractivity contribution >= 4 is 0 Å². The van der Waals surface area contributed by atoms with Gasteiger partial charge in [-0.15, -0.1) is 0 Å². The molecule has 0 aromatic rings. The van der Waals surface area contributed by atoms with E-state index >= 15 is 0 Å². The second-order valence-corrected chi connectivity index (χ2v) is 5.86. The van der Waals surface area contributed by atoms with E-state index in [1.807, 2.05) is 0 Å². The van der Waals surface area contributed by atoms with Crippen molar-refractivity contribution in [2.75, 3.05) is 0 Å². The molecule has 0 aliphatic rings. The molecule has 0 aliphatic heterocycles. The average molecular weight is 270 g/mol. The minimum absolute atomic E-state index is 0.0989. The highest BCUT2D eigenvalue weighted by Gasteiger charge is 2.41. The quantitative estimate of drug-likeness (QED) is 0.515. The standard InChI is InChI=1S/C14H26F4/c1-6-12(14(16,17)18)11(4)8-7-9-13(5,15)10(2)3/h10-12H,6-9H2,1-5H3/t11-,12?,13?/m0/s1. The van der Waals surface area contributed by atoms with Crippen LogP contribution in [0.15, 0.2) is 0 Å². The minimum atomic E-state index is -4.13. The van der Waals surface area contributed by atoms with Crippen LogP contribution in [0.2, 0.25) is 0 Å². The van der Waals surface area contributed by atoms with Crippen LogP contribution in [0.25, 0.3) is 0 Å². The van der Waals surface area contributed by atoms with E-state index in [1.165, 1.54) is 6.92 Å². The molecule has 4 heteroatoms. The lowest BCUT2D eigenvalue weighted by atomic mass is 9.83. The summed E-state index contributed by atoms with van der Waals surface area (Å²) in [5.74, 6) is -1.79. The first kappa shape index (κ1) is 17.7. The number of hydrogen-bond acceptors (Lipinski definition) is 0. The molecule has 0 radical (unpaired) electrons. The third-order valence-corrected chi connectivity index (χ3v) is 4.08. The van der Waals surface area contributed by atoms with E-state index < -0.39 is 23.7 Å². The van der Waals surface area contributed by atoms with Gasteiger partial charge in [-0.1, -0.05) is 34.1 Å². The van der Waals surface area contributed by atoms with Gasteiger partial charge in [-0.3, -0.25) is 0 Å². The molecule has 0 fully saturated rings. The molecule has 0 nitrogen and oxygen atoms in total. The van der Waals surface area contributed by atoms with Gasteiger partial charge in [0, 0.05) is 0 Å². The number of rotatable bonds is 7. The van der Waals surface area contributed by atoms with Crippen LogP contribution in [-0.4, -0.2) is 11.8 Å². The molecule has 18 heavy (non-hydrogen) atoms. The maximum Gasteiger partial charge on any atom is 0.392 e. The van der Waals surface area contributed by atoms with Crippen LogP contribution < -0.4 is 0 Å². The summed E-state index contributed by atoms with van der Waals surface area (Å²) >= 11 is 0. The molecule has 0 N–H and O–H groups in total. The summed E-state index contributed by atoms with van der Waals surface area (Å²) < 4.78 is 52.0. The van der Waals surface area contributed by atoms with Gasteiger partial charge in [-0.2, -0.15) is 13.2 Å². The molecule has 0 heterocycles. The van der Waals surface area contributed by atoms with Crippen molar-refractivity contribution in [2.24, 2.45) is 17.8 Å². The molecule has 0 saturated heterocycles. The van der Waals surface area contributed by atoms with Crippen molar-refractivity contribution in [3.63, 3.8) is 0 Å². The van der Waals surface area contributed by atoms with Gasteiger partial charge < -0.3 is 0 Å². The van der Waals surface area contributed by atoms with Gasteiger partial charge in [0.1, 0.15) is 5.67 Å². The van der Waals surface area contributed by atoms with Crippen molar-refractivity contribution < 1.29 is 17.6 Å². The van der Waals surface area contributed by atoms with E-state index in [0.29, 0.717) is 19.3 Å². The maximum absolute atomic E-state index is 14.0. The van der Waals surface area contributed by atoms with Crippen molar-refractivity contribution in [3.05, 3.63) is 0 Å². The molecule has 0 rings (SSSR count). The molecule has 0 amide bonds. The molecular formula is C14H26F4. The topological polar surface area (TPSA) is 0 Å². The predicted octanol–water partition coefficient (Wildman–Crippen LogP) is 5.77. The molecule has 3 atom stereocenters. The summed E-state index contributed by atoms with van der Waals surface area (Å²) in [4.78, 5) is 0. The molecule has 0 aliphatic carbocycles. The molecule has 0 bridgehead atoms. The fourth-order valence-corrected chi connectivity index (χ4v) is 2.22. The second kappa shape index (κ2) is 6.76. The van der Waals surface area contributed by atoms with Crippen molar-refractivity contribution in [1.29, 1.82) is 0 Å². The Bertz CT molecular complexity index is 230. The molecule has 110 valence electrons. The van der Waals surface area contributed by atoms with Gasteiger partial charge in [0.15, 0.2) is 0 Å². The summed E-state index contributed by atoms with van der Waals surface area (Å²) in [7, 11) is 0. The summed E-state index contributed by atoms with van der Waals surface area (Å²) in [6.07, 6.45) is -2.75. The maximum atomic E-state index is 14.0. The van der Waals surface area contributed by atoms with E-state index in [9.17, 15) is 17.6 Å². The SMILES string of the molecule is CCC([C@@H](C)CCCC(C)(F)C(C)C)C(F)(F)F. The van der Waals surface area contributed by atoms with E-state index in [0.717, 1.165) is 0 Å². The van der Waals surface area contributed by atoms with Crippen molar-refractivity contribution in [2.45, 2.75) is 72.1 Å². The van der Waals surface area contributed by atoms with Crippen LogP contribution in [0.4, 0.5) is 17.6 Å². The Morgan fingerprint density at radius 3 is 1.83 bits per heavy atom. The van der Waals surface area contributed by atoms with Crippen LogP contribution in [-0.2, 0) is 0 Å². The summed E-state index contributed by atoms with van der Waals surface area (Å²) in [6.45, 7) is 8.31.